The van der Waals surface area contributed by atoms with E-state index < -0.39 is 9.84 Å². The van der Waals surface area contributed by atoms with Gasteiger partial charge in [0.1, 0.15) is 0 Å². The third kappa shape index (κ3) is 4.17. The van der Waals surface area contributed by atoms with Gasteiger partial charge in [0.25, 0.3) is 0 Å². The molecule has 1 fully saturated rings. The van der Waals surface area contributed by atoms with Crippen LogP contribution in [0.4, 0.5) is 0 Å². The third-order valence-corrected chi connectivity index (χ3v) is 5.83. The van der Waals surface area contributed by atoms with E-state index in [1.54, 1.807) is 11.3 Å². The van der Waals surface area contributed by atoms with Crippen LogP contribution in [0.2, 0.25) is 0 Å². The van der Waals surface area contributed by atoms with E-state index >= 15 is 0 Å². The van der Waals surface area contributed by atoms with E-state index in [1.165, 1.54) is 0 Å². The molecular formula is C12H20N4O2S2. The molecule has 8 heteroatoms. The Kier molecular flexibility index (Phi) is 4.98. The molecule has 1 aliphatic rings. The molecule has 0 bridgehead atoms. The minimum atomic E-state index is -2.87. The molecule has 0 aromatic carbocycles. The van der Waals surface area contributed by atoms with E-state index in [0.29, 0.717) is 18.9 Å². The number of aliphatic imine (C=N–C) groups is 1. The van der Waals surface area contributed by atoms with Gasteiger partial charge in [-0.15, -0.1) is 11.3 Å². The van der Waals surface area contributed by atoms with Gasteiger partial charge in [-0.1, -0.05) is 0 Å². The molecule has 1 saturated heterocycles. The highest BCUT2D eigenvalue weighted by atomic mass is 32.2. The van der Waals surface area contributed by atoms with Crippen molar-refractivity contribution in [3.05, 3.63) is 16.1 Å². The van der Waals surface area contributed by atoms with Crippen molar-refractivity contribution in [1.29, 1.82) is 0 Å². The SMILES string of the molecule is CCNC(=NCc1scnc1C)NC1CCS(=O)(=O)C1. The fraction of sp³-hybridized carbons (Fsp3) is 0.667. The second-order valence-electron chi connectivity index (χ2n) is 4.80. The van der Waals surface area contributed by atoms with Crippen LogP contribution >= 0.6 is 11.3 Å². The van der Waals surface area contributed by atoms with Crippen LogP contribution in [0.15, 0.2) is 10.5 Å². The molecule has 112 valence electrons. The summed E-state index contributed by atoms with van der Waals surface area (Å²) in [7, 11) is -2.87. The number of thiazole rings is 1. The van der Waals surface area contributed by atoms with E-state index in [4.69, 9.17) is 0 Å². The maximum Gasteiger partial charge on any atom is 0.191 e. The van der Waals surface area contributed by atoms with Crippen LogP contribution in [0, 0.1) is 6.92 Å². The van der Waals surface area contributed by atoms with Crippen molar-refractivity contribution in [1.82, 2.24) is 15.6 Å². The Balaban J connectivity index is 1.98. The molecule has 6 nitrogen and oxygen atoms in total. The zero-order chi connectivity index (χ0) is 14.6. The predicted molar refractivity (Wildman–Crippen MR) is 81.9 cm³/mol. The number of hydrogen-bond acceptors (Lipinski definition) is 5. The summed E-state index contributed by atoms with van der Waals surface area (Å²) in [5, 5.41) is 6.35. The third-order valence-electron chi connectivity index (χ3n) is 3.14. The Morgan fingerprint density at radius 2 is 2.40 bits per heavy atom. The monoisotopic (exact) mass is 316 g/mol. The molecule has 2 rings (SSSR count). The molecule has 1 aromatic heterocycles. The Morgan fingerprint density at radius 1 is 1.60 bits per heavy atom. The van der Waals surface area contributed by atoms with Gasteiger partial charge in [-0.3, -0.25) is 0 Å². The van der Waals surface area contributed by atoms with E-state index in [0.717, 1.165) is 17.1 Å². The molecule has 0 radical (unpaired) electrons. The van der Waals surface area contributed by atoms with Gasteiger partial charge in [0, 0.05) is 17.5 Å². The highest BCUT2D eigenvalue weighted by molar-refractivity contribution is 7.91. The van der Waals surface area contributed by atoms with Crippen LogP contribution < -0.4 is 10.6 Å². The summed E-state index contributed by atoms with van der Waals surface area (Å²) in [5.74, 6) is 1.12. The highest BCUT2D eigenvalue weighted by Gasteiger charge is 2.28. The average Bonchev–Trinajstić information content (AvgIpc) is 2.93. The van der Waals surface area contributed by atoms with Crippen molar-refractivity contribution < 1.29 is 8.42 Å². The number of sulfone groups is 1. The molecule has 0 spiro atoms. The van der Waals surface area contributed by atoms with Gasteiger partial charge in [0.15, 0.2) is 15.8 Å². The van der Waals surface area contributed by atoms with Crippen molar-refractivity contribution in [3.63, 3.8) is 0 Å². The van der Waals surface area contributed by atoms with Crippen molar-refractivity contribution in [2.24, 2.45) is 4.99 Å². The predicted octanol–water partition coefficient (Wildman–Crippen LogP) is 0.694. The number of guanidine groups is 1. The van der Waals surface area contributed by atoms with Gasteiger partial charge in [0.05, 0.1) is 29.3 Å². The van der Waals surface area contributed by atoms with E-state index in [2.05, 4.69) is 20.6 Å². The summed E-state index contributed by atoms with van der Waals surface area (Å²) in [5.41, 5.74) is 2.81. The van der Waals surface area contributed by atoms with Gasteiger partial charge in [0.2, 0.25) is 0 Å². The fourth-order valence-corrected chi connectivity index (χ4v) is 4.42. The van der Waals surface area contributed by atoms with E-state index in [9.17, 15) is 8.42 Å². The summed E-state index contributed by atoms with van der Waals surface area (Å²) < 4.78 is 22.9. The summed E-state index contributed by atoms with van der Waals surface area (Å²) in [6, 6.07) is -0.0413. The molecule has 0 amide bonds. The lowest BCUT2D eigenvalue weighted by Crippen LogP contribution is -2.44. The van der Waals surface area contributed by atoms with Gasteiger partial charge in [-0.05, 0) is 20.3 Å². The Bertz CT molecular complexity index is 580. The Hall–Kier alpha value is -1.15. The second kappa shape index (κ2) is 6.53. The first-order valence-electron chi connectivity index (χ1n) is 6.64. The maximum atomic E-state index is 11.5. The highest BCUT2D eigenvalue weighted by Crippen LogP contribution is 2.14. The summed E-state index contributed by atoms with van der Waals surface area (Å²) in [6.07, 6.45) is 0.645. The normalized spacial score (nSPS) is 21.9. The molecule has 0 aliphatic carbocycles. The smallest absolute Gasteiger partial charge is 0.191 e. The van der Waals surface area contributed by atoms with E-state index in [1.807, 2.05) is 19.4 Å². The molecule has 2 N–H and O–H groups in total. The van der Waals surface area contributed by atoms with E-state index in [-0.39, 0.29) is 17.5 Å². The lowest BCUT2D eigenvalue weighted by molar-refractivity contribution is 0.599. The zero-order valence-corrected chi connectivity index (χ0v) is 13.4. The van der Waals surface area contributed by atoms with Crippen LogP contribution in [0.1, 0.15) is 23.9 Å². The van der Waals surface area contributed by atoms with Gasteiger partial charge < -0.3 is 10.6 Å². The molecule has 1 unspecified atom stereocenters. The number of rotatable bonds is 4. The van der Waals surface area contributed by atoms with Crippen LogP contribution in [0.25, 0.3) is 0 Å². The average molecular weight is 316 g/mol. The molecular weight excluding hydrogens is 296 g/mol. The molecule has 0 saturated carbocycles. The number of nitrogens with one attached hydrogen (secondary N) is 2. The van der Waals surface area contributed by atoms with Crippen LogP contribution in [0.5, 0.6) is 0 Å². The molecule has 2 heterocycles. The first-order valence-corrected chi connectivity index (χ1v) is 9.34. The number of aryl methyl sites for hydroxylation is 1. The van der Waals surface area contributed by atoms with Crippen molar-refractivity contribution in [2.75, 3.05) is 18.1 Å². The van der Waals surface area contributed by atoms with Gasteiger partial charge in [-0.2, -0.15) is 0 Å². The van der Waals surface area contributed by atoms with Gasteiger partial charge in [-0.25, -0.2) is 18.4 Å². The summed E-state index contributed by atoms with van der Waals surface area (Å²) in [4.78, 5) is 9.82. The molecule has 1 aliphatic heterocycles. The largest absolute Gasteiger partial charge is 0.357 e. The quantitative estimate of drug-likeness (QED) is 0.631. The van der Waals surface area contributed by atoms with Crippen molar-refractivity contribution >= 4 is 27.1 Å². The maximum absolute atomic E-state index is 11.5. The lowest BCUT2D eigenvalue weighted by Gasteiger charge is -2.15. The molecule has 1 aromatic rings. The summed E-state index contributed by atoms with van der Waals surface area (Å²) >= 11 is 1.58. The summed E-state index contributed by atoms with van der Waals surface area (Å²) in [6.45, 7) is 5.25. The second-order valence-corrected chi connectivity index (χ2v) is 7.97. The van der Waals surface area contributed by atoms with Crippen molar-refractivity contribution in [2.45, 2.75) is 32.9 Å². The first-order chi connectivity index (χ1) is 9.50. The Morgan fingerprint density at radius 3 is 2.95 bits per heavy atom. The minimum Gasteiger partial charge on any atom is -0.357 e. The number of aromatic nitrogens is 1. The molecule has 20 heavy (non-hydrogen) atoms. The fourth-order valence-electron chi connectivity index (χ4n) is 2.05. The van der Waals surface area contributed by atoms with Crippen molar-refractivity contribution in [3.8, 4) is 0 Å². The van der Waals surface area contributed by atoms with Crippen LogP contribution in [-0.4, -0.2) is 43.5 Å². The zero-order valence-electron chi connectivity index (χ0n) is 11.7. The Labute approximate surface area is 123 Å². The van der Waals surface area contributed by atoms with Crippen LogP contribution in [-0.2, 0) is 16.4 Å². The minimum absolute atomic E-state index is 0.0413. The number of nitrogens with zero attached hydrogens (tertiary/aromatic N) is 2. The lowest BCUT2D eigenvalue weighted by atomic mass is 10.3. The number of hydrogen-bond donors (Lipinski definition) is 2. The van der Waals surface area contributed by atoms with Gasteiger partial charge >= 0.3 is 0 Å². The van der Waals surface area contributed by atoms with Crippen LogP contribution in [0.3, 0.4) is 0 Å². The topological polar surface area (TPSA) is 83.4 Å². The standard InChI is InChI=1S/C12H20N4O2S2/c1-3-13-12(14-6-11-9(2)15-8-19-11)16-10-4-5-20(17,18)7-10/h8,10H,3-7H2,1-2H3,(H2,13,14,16). The molecule has 1 atom stereocenters. The first kappa shape index (κ1) is 15.2.